The number of hydrogen-bond acceptors (Lipinski definition) is 2. The van der Waals surface area contributed by atoms with Crippen LogP contribution in [0.2, 0.25) is 10.0 Å². The molecule has 114 valence electrons. The van der Waals surface area contributed by atoms with Crippen LogP contribution in [0.5, 0.6) is 5.75 Å². The molecule has 0 fully saturated rings. The zero-order valence-electron chi connectivity index (χ0n) is 12.5. The first-order valence-electron chi connectivity index (χ1n) is 7.50. The summed E-state index contributed by atoms with van der Waals surface area (Å²) in [6, 6.07) is 3.66. The van der Waals surface area contributed by atoms with Crippen LogP contribution in [0, 0.1) is 0 Å². The standard InChI is InChI=1S/C16H25Cl2NO/c1-3-5-6-7-8-19-12-13-10-14(17)11-15(18)16(13)20-9-4-2/h10-11,19H,3-9,12H2,1-2H3. The summed E-state index contributed by atoms with van der Waals surface area (Å²) in [5.74, 6) is 0.763. The molecule has 0 radical (unpaired) electrons. The van der Waals surface area contributed by atoms with Crippen LogP contribution < -0.4 is 10.1 Å². The summed E-state index contributed by atoms with van der Waals surface area (Å²) in [5, 5.41) is 4.68. The van der Waals surface area contributed by atoms with Gasteiger partial charge in [0.05, 0.1) is 11.6 Å². The average molecular weight is 318 g/mol. The Balaban J connectivity index is 2.53. The van der Waals surface area contributed by atoms with E-state index in [0.717, 1.165) is 30.8 Å². The summed E-state index contributed by atoms with van der Waals surface area (Å²) in [7, 11) is 0. The zero-order valence-corrected chi connectivity index (χ0v) is 14.0. The Morgan fingerprint density at radius 3 is 2.55 bits per heavy atom. The van der Waals surface area contributed by atoms with Gasteiger partial charge in [-0.05, 0) is 31.5 Å². The molecule has 1 rings (SSSR count). The number of ether oxygens (including phenoxy) is 1. The zero-order chi connectivity index (χ0) is 14.8. The highest BCUT2D eigenvalue weighted by Gasteiger charge is 2.10. The molecule has 0 bridgehead atoms. The lowest BCUT2D eigenvalue weighted by molar-refractivity contribution is 0.313. The van der Waals surface area contributed by atoms with Gasteiger partial charge in [0.2, 0.25) is 0 Å². The van der Waals surface area contributed by atoms with Crippen LogP contribution in [0.3, 0.4) is 0 Å². The van der Waals surface area contributed by atoms with Crippen molar-refractivity contribution < 1.29 is 4.74 Å². The predicted molar refractivity (Wildman–Crippen MR) is 88.1 cm³/mol. The summed E-state index contributed by atoms with van der Waals surface area (Å²) >= 11 is 12.3. The SMILES string of the molecule is CCCCCCNCc1cc(Cl)cc(Cl)c1OCCC. The highest BCUT2D eigenvalue weighted by molar-refractivity contribution is 6.35. The minimum absolute atomic E-state index is 0.591. The normalized spacial score (nSPS) is 10.8. The number of rotatable bonds is 10. The van der Waals surface area contributed by atoms with Crippen LogP contribution in [0.4, 0.5) is 0 Å². The smallest absolute Gasteiger partial charge is 0.142 e. The molecule has 0 aliphatic rings. The monoisotopic (exact) mass is 317 g/mol. The van der Waals surface area contributed by atoms with Crippen LogP contribution in [0.25, 0.3) is 0 Å². The van der Waals surface area contributed by atoms with Gasteiger partial charge in [0.25, 0.3) is 0 Å². The molecular formula is C16H25Cl2NO. The molecule has 0 aromatic heterocycles. The van der Waals surface area contributed by atoms with Gasteiger partial charge in [-0.15, -0.1) is 0 Å². The third-order valence-electron chi connectivity index (χ3n) is 3.06. The Morgan fingerprint density at radius 1 is 1.05 bits per heavy atom. The molecule has 2 nitrogen and oxygen atoms in total. The minimum Gasteiger partial charge on any atom is -0.492 e. The maximum atomic E-state index is 6.21. The summed E-state index contributed by atoms with van der Waals surface area (Å²) in [4.78, 5) is 0. The molecule has 0 spiro atoms. The van der Waals surface area contributed by atoms with Crippen LogP contribution >= 0.6 is 23.2 Å². The van der Waals surface area contributed by atoms with Crippen molar-refractivity contribution >= 4 is 23.2 Å². The van der Waals surface area contributed by atoms with Gasteiger partial charge in [0.15, 0.2) is 0 Å². The van der Waals surface area contributed by atoms with Crippen molar-refractivity contribution in [2.75, 3.05) is 13.2 Å². The third-order valence-corrected chi connectivity index (χ3v) is 3.56. The first-order chi connectivity index (χ1) is 9.69. The van der Waals surface area contributed by atoms with E-state index in [1.54, 1.807) is 6.07 Å². The lowest BCUT2D eigenvalue weighted by atomic mass is 10.2. The van der Waals surface area contributed by atoms with Crippen molar-refractivity contribution in [3.63, 3.8) is 0 Å². The van der Waals surface area contributed by atoms with Gasteiger partial charge >= 0.3 is 0 Å². The number of hydrogen-bond donors (Lipinski definition) is 1. The van der Waals surface area contributed by atoms with Gasteiger partial charge in [-0.2, -0.15) is 0 Å². The topological polar surface area (TPSA) is 21.3 Å². The van der Waals surface area contributed by atoms with Gasteiger partial charge in [-0.25, -0.2) is 0 Å². The molecule has 0 saturated heterocycles. The van der Waals surface area contributed by atoms with Crippen LogP contribution in [-0.4, -0.2) is 13.2 Å². The van der Waals surface area contributed by atoms with Crippen molar-refractivity contribution in [3.8, 4) is 5.75 Å². The van der Waals surface area contributed by atoms with E-state index in [9.17, 15) is 0 Å². The van der Waals surface area contributed by atoms with E-state index < -0.39 is 0 Å². The van der Waals surface area contributed by atoms with Crippen molar-refractivity contribution in [2.24, 2.45) is 0 Å². The second-order valence-electron chi connectivity index (χ2n) is 4.96. The van der Waals surface area contributed by atoms with Crippen molar-refractivity contribution in [1.82, 2.24) is 5.32 Å². The second kappa shape index (κ2) is 10.3. The number of benzene rings is 1. The molecule has 0 amide bonds. The van der Waals surface area contributed by atoms with Crippen LogP contribution in [0.1, 0.15) is 51.5 Å². The summed E-state index contributed by atoms with van der Waals surface area (Å²) in [6.07, 6.45) is 6.00. The van der Waals surface area contributed by atoms with Gasteiger partial charge in [-0.1, -0.05) is 56.3 Å². The Bertz CT molecular complexity index is 396. The van der Waals surface area contributed by atoms with E-state index >= 15 is 0 Å². The molecule has 20 heavy (non-hydrogen) atoms. The first kappa shape index (κ1) is 17.6. The van der Waals surface area contributed by atoms with E-state index in [-0.39, 0.29) is 0 Å². The molecule has 0 aliphatic heterocycles. The second-order valence-corrected chi connectivity index (χ2v) is 5.81. The predicted octanol–water partition coefficient (Wildman–Crippen LogP) is 5.45. The Morgan fingerprint density at radius 2 is 1.85 bits per heavy atom. The lowest BCUT2D eigenvalue weighted by Crippen LogP contribution is -2.15. The molecule has 1 aromatic carbocycles. The highest BCUT2D eigenvalue weighted by Crippen LogP contribution is 2.32. The maximum Gasteiger partial charge on any atom is 0.142 e. The van der Waals surface area contributed by atoms with Crippen LogP contribution in [0.15, 0.2) is 12.1 Å². The van der Waals surface area contributed by atoms with Crippen LogP contribution in [-0.2, 0) is 6.54 Å². The van der Waals surface area contributed by atoms with E-state index in [1.807, 2.05) is 6.07 Å². The fourth-order valence-corrected chi connectivity index (χ4v) is 2.60. The van der Waals surface area contributed by atoms with E-state index in [2.05, 4.69) is 19.2 Å². The number of unbranched alkanes of at least 4 members (excludes halogenated alkanes) is 3. The van der Waals surface area contributed by atoms with Crippen molar-refractivity contribution in [2.45, 2.75) is 52.5 Å². The van der Waals surface area contributed by atoms with E-state index in [0.29, 0.717) is 16.7 Å². The Hall–Kier alpha value is -0.440. The summed E-state index contributed by atoms with van der Waals surface area (Å²) in [6.45, 7) is 6.72. The number of nitrogens with one attached hydrogen (secondary N) is 1. The molecule has 0 unspecified atom stereocenters. The van der Waals surface area contributed by atoms with Crippen molar-refractivity contribution in [3.05, 3.63) is 27.7 Å². The Kier molecular flexibility index (Phi) is 9.08. The average Bonchev–Trinajstić information content (AvgIpc) is 2.41. The quantitative estimate of drug-likeness (QED) is 0.579. The lowest BCUT2D eigenvalue weighted by Gasteiger charge is -2.14. The Labute approximate surface area is 132 Å². The molecule has 1 N–H and O–H groups in total. The maximum absolute atomic E-state index is 6.21. The molecule has 0 atom stereocenters. The van der Waals surface area contributed by atoms with Crippen molar-refractivity contribution in [1.29, 1.82) is 0 Å². The summed E-state index contributed by atoms with van der Waals surface area (Å²) < 4.78 is 5.74. The highest BCUT2D eigenvalue weighted by atomic mass is 35.5. The minimum atomic E-state index is 0.591. The van der Waals surface area contributed by atoms with Gasteiger partial charge in [-0.3, -0.25) is 0 Å². The molecule has 0 heterocycles. The van der Waals surface area contributed by atoms with Gasteiger partial charge < -0.3 is 10.1 Å². The molecule has 1 aromatic rings. The summed E-state index contributed by atoms with van der Waals surface area (Å²) in [5.41, 5.74) is 1.03. The third kappa shape index (κ3) is 6.34. The fourth-order valence-electron chi connectivity index (χ4n) is 2.01. The fraction of sp³-hybridized carbons (Fsp3) is 0.625. The molecular weight excluding hydrogens is 293 g/mol. The molecule has 4 heteroatoms. The van der Waals surface area contributed by atoms with E-state index in [1.165, 1.54) is 25.7 Å². The molecule has 0 saturated carbocycles. The van der Waals surface area contributed by atoms with Gasteiger partial charge in [0, 0.05) is 17.1 Å². The number of halogens is 2. The van der Waals surface area contributed by atoms with Gasteiger partial charge in [0.1, 0.15) is 5.75 Å². The first-order valence-corrected chi connectivity index (χ1v) is 8.26. The molecule has 0 aliphatic carbocycles. The largest absolute Gasteiger partial charge is 0.492 e. The van der Waals surface area contributed by atoms with E-state index in [4.69, 9.17) is 27.9 Å².